The molecule has 96 valence electrons. The van der Waals surface area contributed by atoms with Crippen molar-refractivity contribution in [2.75, 3.05) is 6.54 Å². The summed E-state index contributed by atoms with van der Waals surface area (Å²) in [7, 11) is 0. The molecule has 4 N–H and O–H groups in total. The van der Waals surface area contributed by atoms with E-state index in [2.05, 4.69) is 10.1 Å². The second-order valence-corrected chi connectivity index (χ2v) is 4.10. The topological polar surface area (TPSA) is 112 Å². The van der Waals surface area contributed by atoms with Crippen molar-refractivity contribution in [3.63, 3.8) is 0 Å². The average molecular weight is 250 g/mol. The number of hydrogen-bond donors (Lipinski definition) is 3. The summed E-state index contributed by atoms with van der Waals surface area (Å²) in [6.07, 6.45) is 4.22. The van der Waals surface area contributed by atoms with E-state index in [4.69, 9.17) is 10.9 Å². The van der Waals surface area contributed by atoms with Crippen LogP contribution in [-0.2, 0) is 0 Å². The summed E-state index contributed by atoms with van der Waals surface area (Å²) in [5.74, 6) is -0.404. The summed E-state index contributed by atoms with van der Waals surface area (Å²) in [4.78, 5) is 28.0. The quantitative estimate of drug-likeness (QED) is 0.290. The van der Waals surface area contributed by atoms with Crippen molar-refractivity contribution in [2.45, 2.75) is 18.9 Å². The fourth-order valence-electron chi connectivity index (χ4n) is 2.12. The van der Waals surface area contributed by atoms with Gasteiger partial charge in [-0.3, -0.25) is 9.59 Å². The van der Waals surface area contributed by atoms with Gasteiger partial charge in [0.25, 0.3) is 5.91 Å². The van der Waals surface area contributed by atoms with Crippen LogP contribution >= 0.6 is 0 Å². The Balaban J connectivity index is 2.29. The number of oxime groups is 1. The van der Waals surface area contributed by atoms with Gasteiger partial charge in [0, 0.05) is 25.0 Å². The Morgan fingerprint density at radius 2 is 2.39 bits per heavy atom. The number of H-pyrrole nitrogens is 1. The molecule has 1 aliphatic heterocycles. The number of nitrogens with zero attached hydrogens (tertiary/aromatic N) is 2. The van der Waals surface area contributed by atoms with Gasteiger partial charge in [-0.15, -0.1) is 0 Å². The van der Waals surface area contributed by atoms with E-state index in [0.29, 0.717) is 13.0 Å². The highest BCUT2D eigenvalue weighted by molar-refractivity contribution is 5.98. The Kier molecular flexibility index (Phi) is 3.31. The average Bonchev–Trinajstić information content (AvgIpc) is 2.86. The minimum Gasteiger partial charge on any atom is -0.409 e. The van der Waals surface area contributed by atoms with Crippen LogP contribution in [0.1, 0.15) is 23.2 Å². The lowest BCUT2D eigenvalue weighted by atomic mass is 10.2. The molecule has 7 nitrogen and oxygen atoms in total. The largest absolute Gasteiger partial charge is 0.409 e. The maximum absolute atomic E-state index is 12.2. The van der Waals surface area contributed by atoms with Crippen LogP contribution in [0, 0.1) is 0 Å². The molecule has 1 unspecified atom stereocenters. The van der Waals surface area contributed by atoms with E-state index in [0.717, 1.165) is 6.42 Å². The van der Waals surface area contributed by atoms with Gasteiger partial charge >= 0.3 is 0 Å². The van der Waals surface area contributed by atoms with Gasteiger partial charge in [0.05, 0.1) is 6.04 Å². The molecule has 2 rings (SSSR count). The highest BCUT2D eigenvalue weighted by Gasteiger charge is 2.33. The third kappa shape index (κ3) is 2.06. The Labute approximate surface area is 103 Å². The van der Waals surface area contributed by atoms with E-state index in [-0.39, 0.29) is 16.8 Å². The van der Waals surface area contributed by atoms with Gasteiger partial charge in [-0.05, 0) is 12.8 Å². The second-order valence-electron chi connectivity index (χ2n) is 4.10. The number of nitrogens with one attached hydrogen (secondary N) is 1. The molecule has 1 aromatic heterocycles. The molecule has 1 fully saturated rings. The first-order valence-electron chi connectivity index (χ1n) is 5.60. The number of carbonyl (C=O) groups excluding carboxylic acids is 1. The second kappa shape index (κ2) is 4.91. The molecule has 0 aromatic carbocycles. The molecule has 7 heteroatoms. The number of nitrogens with two attached hydrogens (primary N) is 1. The molecule has 1 atom stereocenters. The standard InChI is InChI=1S/C11H14N4O3/c12-10(14-18)8-2-1-5-15(8)11(17)7-6-13-4-3-9(7)16/h3-4,6,8,18H,1-2,5H2,(H2,12,14)(H,13,16). The fourth-order valence-corrected chi connectivity index (χ4v) is 2.12. The Bertz CT molecular complexity index is 537. The Morgan fingerprint density at radius 3 is 3.06 bits per heavy atom. The number of likely N-dealkylation sites (tertiary alicyclic amines) is 1. The van der Waals surface area contributed by atoms with E-state index in [1.54, 1.807) is 0 Å². The van der Waals surface area contributed by atoms with Crippen molar-refractivity contribution in [2.24, 2.45) is 10.9 Å². The molecule has 1 saturated heterocycles. The van der Waals surface area contributed by atoms with Crippen molar-refractivity contribution < 1.29 is 10.0 Å². The number of carbonyl (C=O) groups is 1. The first kappa shape index (κ1) is 12.2. The first-order chi connectivity index (χ1) is 8.65. The van der Waals surface area contributed by atoms with Crippen LogP contribution in [0.5, 0.6) is 0 Å². The lowest BCUT2D eigenvalue weighted by Crippen LogP contribution is -2.45. The fraction of sp³-hybridized carbons (Fsp3) is 0.364. The summed E-state index contributed by atoms with van der Waals surface area (Å²) in [6.45, 7) is 0.494. The third-order valence-corrected chi connectivity index (χ3v) is 3.03. The maximum atomic E-state index is 12.2. The zero-order valence-electron chi connectivity index (χ0n) is 9.67. The van der Waals surface area contributed by atoms with Crippen LogP contribution in [-0.4, -0.2) is 39.4 Å². The highest BCUT2D eigenvalue weighted by Crippen LogP contribution is 2.19. The van der Waals surface area contributed by atoms with Gasteiger partial charge in [0.1, 0.15) is 5.56 Å². The summed E-state index contributed by atoms with van der Waals surface area (Å²) >= 11 is 0. The summed E-state index contributed by atoms with van der Waals surface area (Å²) in [6, 6.07) is 0.851. The van der Waals surface area contributed by atoms with Crippen LogP contribution in [0.15, 0.2) is 28.4 Å². The summed E-state index contributed by atoms with van der Waals surface area (Å²) in [5, 5.41) is 11.6. The number of aromatic amines is 1. The highest BCUT2D eigenvalue weighted by atomic mass is 16.4. The van der Waals surface area contributed by atoms with Crippen LogP contribution in [0.2, 0.25) is 0 Å². The number of amidine groups is 1. The van der Waals surface area contributed by atoms with E-state index < -0.39 is 11.9 Å². The normalized spacial score (nSPS) is 20.1. The molecule has 1 amide bonds. The van der Waals surface area contributed by atoms with Gasteiger partial charge < -0.3 is 20.8 Å². The van der Waals surface area contributed by atoms with Gasteiger partial charge in [-0.2, -0.15) is 0 Å². The molecule has 0 radical (unpaired) electrons. The predicted molar refractivity (Wildman–Crippen MR) is 64.5 cm³/mol. The summed E-state index contributed by atoms with van der Waals surface area (Å²) < 4.78 is 0. The van der Waals surface area contributed by atoms with E-state index in [1.807, 2.05) is 0 Å². The van der Waals surface area contributed by atoms with Gasteiger partial charge in [-0.1, -0.05) is 5.16 Å². The van der Waals surface area contributed by atoms with Crippen molar-refractivity contribution in [1.29, 1.82) is 0 Å². The minimum absolute atomic E-state index is 0.00629. The lowest BCUT2D eigenvalue weighted by Gasteiger charge is -2.23. The zero-order chi connectivity index (χ0) is 13.1. The van der Waals surface area contributed by atoms with Crippen molar-refractivity contribution >= 4 is 11.7 Å². The smallest absolute Gasteiger partial charge is 0.259 e. The van der Waals surface area contributed by atoms with E-state index in [9.17, 15) is 9.59 Å². The summed E-state index contributed by atoms with van der Waals surface area (Å²) in [5.41, 5.74) is 5.26. The lowest BCUT2D eigenvalue weighted by molar-refractivity contribution is 0.0766. The third-order valence-electron chi connectivity index (χ3n) is 3.03. The molecular formula is C11H14N4O3. The van der Waals surface area contributed by atoms with E-state index in [1.165, 1.54) is 23.4 Å². The molecule has 1 aliphatic rings. The van der Waals surface area contributed by atoms with Crippen LogP contribution in [0.4, 0.5) is 0 Å². The molecule has 0 bridgehead atoms. The number of pyridine rings is 1. The Hall–Kier alpha value is -2.31. The van der Waals surface area contributed by atoms with Crippen LogP contribution in [0.25, 0.3) is 0 Å². The van der Waals surface area contributed by atoms with Crippen LogP contribution < -0.4 is 11.2 Å². The van der Waals surface area contributed by atoms with Crippen molar-refractivity contribution in [1.82, 2.24) is 9.88 Å². The molecule has 18 heavy (non-hydrogen) atoms. The van der Waals surface area contributed by atoms with Crippen molar-refractivity contribution in [3.05, 3.63) is 34.2 Å². The Morgan fingerprint density at radius 1 is 1.61 bits per heavy atom. The number of aromatic nitrogens is 1. The molecular weight excluding hydrogens is 236 g/mol. The molecule has 0 spiro atoms. The number of rotatable bonds is 2. The predicted octanol–water partition coefficient (Wildman–Crippen LogP) is -0.274. The first-order valence-corrected chi connectivity index (χ1v) is 5.60. The van der Waals surface area contributed by atoms with Crippen molar-refractivity contribution in [3.8, 4) is 0 Å². The maximum Gasteiger partial charge on any atom is 0.259 e. The van der Waals surface area contributed by atoms with Gasteiger partial charge in [0.2, 0.25) is 0 Å². The van der Waals surface area contributed by atoms with Gasteiger partial charge in [-0.25, -0.2) is 0 Å². The molecule has 2 heterocycles. The SMILES string of the molecule is N/C(=N/O)C1CCCN1C(=O)c1c[nH]ccc1=O. The minimum atomic E-state index is -0.442. The number of amides is 1. The zero-order valence-corrected chi connectivity index (χ0v) is 9.67. The van der Waals surface area contributed by atoms with Gasteiger partial charge in [0.15, 0.2) is 11.3 Å². The molecule has 0 aliphatic carbocycles. The van der Waals surface area contributed by atoms with Crippen LogP contribution in [0.3, 0.4) is 0 Å². The molecule has 0 saturated carbocycles. The number of hydrogen-bond acceptors (Lipinski definition) is 4. The molecule has 1 aromatic rings. The van der Waals surface area contributed by atoms with E-state index >= 15 is 0 Å². The monoisotopic (exact) mass is 250 g/mol.